The van der Waals surface area contributed by atoms with Crippen LogP contribution in [-0.2, 0) is 10.8 Å². The maximum atomic E-state index is 9.65. The second-order valence-electron chi connectivity index (χ2n) is 19.5. The lowest BCUT2D eigenvalue weighted by atomic mass is 9.25. The Hall–Kier alpha value is -6.70. The molecule has 0 N–H and O–H groups in total. The van der Waals surface area contributed by atoms with Gasteiger partial charge < -0.3 is 0 Å². The van der Waals surface area contributed by atoms with Gasteiger partial charge in [-0.2, -0.15) is 5.26 Å². The van der Waals surface area contributed by atoms with Gasteiger partial charge in [0.15, 0.2) is 17.5 Å². The van der Waals surface area contributed by atoms with E-state index in [9.17, 15) is 5.26 Å². The molecule has 0 amide bonds. The molecule has 4 unspecified atom stereocenters. The van der Waals surface area contributed by atoms with Crippen LogP contribution in [0, 0.1) is 46.8 Å². The average molecular weight is 797 g/mol. The second-order valence-corrected chi connectivity index (χ2v) is 19.5. The largest absolute Gasteiger partial charge is 0.208 e. The van der Waals surface area contributed by atoms with Crippen LogP contribution >= 0.6 is 0 Å². The molecule has 8 aliphatic rings. The van der Waals surface area contributed by atoms with E-state index >= 15 is 0 Å². The summed E-state index contributed by atoms with van der Waals surface area (Å²) in [6.07, 6.45) is 8.25. The van der Waals surface area contributed by atoms with E-state index in [1.807, 2.05) is 54.6 Å². The van der Waals surface area contributed by atoms with E-state index in [2.05, 4.69) is 109 Å². The first-order chi connectivity index (χ1) is 30.6. The molecular weight excluding hydrogens is 753 g/mol. The zero-order valence-electron chi connectivity index (χ0n) is 34.5. The first kappa shape index (κ1) is 35.0. The molecule has 0 saturated heterocycles. The normalized spacial score (nSPS) is 27.7. The second kappa shape index (κ2) is 12.7. The number of hydrogen-bond acceptors (Lipinski definition) is 4. The molecule has 8 aliphatic carbocycles. The van der Waals surface area contributed by atoms with Crippen LogP contribution < -0.4 is 0 Å². The Kier molecular flexibility index (Phi) is 7.15. The van der Waals surface area contributed by atoms with Crippen molar-refractivity contribution in [2.45, 2.75) is 49.4 Å². The van der Waals surface area contributed by atoms with Gasteiger partial charge in [-0.1, -0.05) is 146 Å². The highest BCUT2D eigenvalue weighted by atomic mass is 15.0. The number of rotatable bonds is 6. The fourth-order valence-corrected chi connectivity index (χ4v) is 15.1. The standard InChI is InChI=1S/C58H44N4/c59-33-34-8-6-11-40(26-34)56-61-54(38-9-2-1-3-10-38)60-55(62-56)39-18-22-42(23-19-39)58-32-36-27-49-51(58)29-35-30-52(58)50(28-36)57(49,31-35)41-20-16-37(17-21-41)43-24-25-48-45-13-5-4-12-44(45)47-15-7-14-46(43)53(47)48/h1-26,35-36,49-52H,27-32H2. The molecule has 4 nitrogen and oxygen atoms in total. The summed E-state index contributed by atoms with van der Waals surface area (Å²) in [6.45, 7) is 0. The van der Waals surface area contributed by atoms with E-state index in [4.69, 9.17) is 15.0 Å². The molecule has 7 aromatic carbocycles. The number of aromatic nitrogens is 3. The molecule has 4 atom stereocenters. The molecule has 16 rings (SSSR count). The number of nitrogens with zero attached hydrogens (tertiary/aromatic N) is 4. The van der Waals surface area contributed by atoms with Gasteiger partial charge in [-0.15, -0.1) is 0 Å². The summed E-state index contributed by atoms with van der Waals surface area (Å²) in [6, 6.07) is 60.0. The van der Waals surface area contributed by atoms with Crippen molar-refractivity contribution in [3.05, 3.63) is 174 Å². The van der Waals surface area contributed by atoms with Crippen molar-refractivity contribution in [2.75, 3.05) is 0 Å². The fraction of sp³-hybridized carbons (Fsp3) is 0.241. The van der Waals surface area contributed by atoms with Gasteiger partial charge in [0.2, 0.25) is 0 Å². The van der Waals surface area contributed by atoms with Gasteiger partial charge in [0.25, 0.3) is 0 Å². The lowest BCUT2D eigenvalue weighted by Gasteiger charge is -2.79. The third-order valence-corrected chi connectivity index (χ3v) is 17.1. The minimum Gasteiger partial charge on any atom is -0.208 e. The minimum atomic E-state index is 0.245. The summed E-state index contributed by atoms with van der Waals surface area (Å²) in [4.78, 5) is 15.0. The van der Waals surface area contributed by atoms with Gasteiger partial charge in [0.1, 0.15) is 0 Å². The lowest BCUT2D eigenvalue weighted by molar-refractivity contribution is -0.237. The number of fused-ring (bicyclic) bond motifs is 3. The monoisotopic (exact) mass is 796 g/mol. The number of benzene rings is 7. The molecule has 0 spiro atoms. The molecule has 296 valence electrons. The van der Waals surface area contributed by atoms with Crippen LogP contribution in [0.2, 0.25) is 0 Å². The van der Waals surface area contributed by atoms with Crippen molar-refractivity contribution in [1.29, 1.82) is 5.26 Å². The molecule has 62 heavy (non-hydrogen) atoms. The van der Waals surface area contributed by atoms with Crippen LogP contribution in [0.3, 0.4) is 0 Å². The van der Waals surface area contributed by atoms with Gasteiger partial charge in [-0.05, 0) is 141 Å². The lowest BCUT2D eigenvalue weighted by Crippen LogP contribution is -2.75. The Morgan fingerprint density at radius 2 is 0.887 bits per heavy atom. The maximum Gasteiger partial charge on any atom is 0.164 e. The van der Waals surface area contributed by atoms with Crippen molar-refractivity contribution >= 4 is 10.8 Å². The highest BCUT2D eigenvalue weighted by Gasteiger charge is 2.75. The molecule has 0 aliphatic heterocycles. The molecule has 1 heterocycles. The predicted molar refractivity (Wildman–Crippen MR) is 247 cm³/mol. The minimum absolute atomic E-state index is 0.245. The molecule has 7 saturated carbocycles. The van der Waals surface area contributed by atoms with E-state index in [0.29, 0.717) is 23.0 Å². The smallest absolute Gasteiger partial charge is 0.164 e. The Labute approximate surface area is 362 Å². The Bertz CT molecular complexity index is 3140. The van der Waals surface area contributed by atoms with Crippen molar-refractivity contribution in [2.24, 2.45) is 35.5 Å². The summed E-state index contributed by atoms with van der Waals surface area (Å²) in [5.41, 5.74) is 15.2. The van der Waals surface area contributed by atoms with Gasteiger partial charge in [0.05, 0.1) is 11.6 Å². The van der Waals surface area contributed by atoms with Crippen LogP contribution in [-0.4, -0.2) is 15.0 Å². The van der Waals surface area contributed by atoms with Gasteiger partial charge in [0, 0.05) is 27.5 Å². The van der Waals surface area contributed by atoms with E-state index in [0.717, 1.165) is 52.2 Å². The van der Waals surface area contributed by atoms with Crippen molar-refractivity contribution in [3.8, 4) is 73.6 Å². The maximum absolute atomic E-state index is 9.65. The zero-order valence-corrected chi connectivity index (χ0v) is 34.5. The quantitative estimate of drug-likeness (QED) is 0.168. The molecule has 8 aromatic rings. The highest BCUT2D eigenvalue weighted by Crippen LogP contribution is 2.80. The molecule has 8 bridgehead atoms. The predicted octanol–water partition coefficient (Wildman–Crippen LogP) is 13.5. The van der Waals surface area contributed by atoms with Crippen LogP contribution in [0.25, 0.3) is 78.3 Å². The Morgan fingerprint density at radius 1 is 0.419 bits per heavy atom. The number of hydrogen-bond donors (Lipinski definition) is 0. The van der Waals surface area contributed by atoms with Crippen LogP contribution in [0.5, 0.6) is 0 Å². The van der Waals surface area contributed by atoms with Crippen LogP contribution in [0.15, 0.2) is 158 Å². The summed E-state index contributed by atoms with van der Waals surface area (Å²) in [5.74, 6) is 6.42. The topological polar surface area (TPSA) is 62.5 Å². The van der Waals surface area contributed by atoms with E-state index in [-0.39, 0.29) is 10.8 Å². The zero-order chi connectivity index (χ0) is 40.7. The van der Waals surface area contributed by atoms with E-state index < -0.39 is 0 Å². The van der Waals surface area contributed by atoms with Crippen LogP contribution in [0.1, 0.15) is 55.2 Å². The van der Waals surface area contributed by atoms with Gasteiger partial charge in [-0.3, -0.25) is 0 Å². The molecular formula is C58H44N4. The summed E-state index contributed by atoms with van der Waals surface area (Å²) in [5, 5.41) is 12.4. The molecule has 0 radical (unpaired) electrons. The third kappa shape index (κ3) is 4.64. The van der Waals surface area contributed by atoms with Crippen molar-refractivity contribution in [1.82, 2.24) is 15.0 Å². The van der Waals surface area contributed by atoms with Crippen molar-refractivity contribution in [3.63, 3.8) is 0 Å². The summed E-state index contributed by atoms with van der Waals surface area (Å²) in [7, 11) is 0. The van der Waals surface area contributed by atoms with Crippen molar-refractivity contribution < 1.29 is 0 Å². The number of nitriles is 1. The summed E-state index contributed by atoms with van der Waals surface area (Å²) < 4.78 is 0. The SMILES string of the molecule is N#Cc1cccc(-c2nc(-c3ccccc3)nc(-c3ccc(C45CC6CC7C4CC4CC5C(C6)C7(c5ccc(-c6ccc7c8c(cccc68)-c6ccccc6-7)cc5)C4)cc3)n2)c1. The molecule has 4 heteroatoms. The first-order valence-electron chi connectivity index (χ1n) is 22.8. The van der Waals surface area contributed by atoms with Gasteiger partial charge in [-0.25, -0.2) is 15.0 Å². The Balaban J connectivity index is 0.816. The Morgan fingerprint density at radius 3 is 1.48 bits per heavy atom. The fourth-order valence-electron chi connectivity index (χ4n) is 15.1. The highest BCUT2D eigenvalue weighted by molar-refractivity contribution is 6.18. The third-order valence-electron chi connectivity index (χ3n) is 17.1. The van der Waals surface area contributed by atoms with Gasteiger partial charge >= 0.3 is 0 Å². The van der Waals surface area contributed by atoms with Crippen LogP contribution in [0.4, 0.5) is 0 Å². The first-order valence-corrected chi connectivity index (χ1v) is 22.8. The molecule has 1 aromatic heterocycles. The van der Waals surface area contributed by atoms with E-state index in [1.165, 1.54) is 82.7 Å². The summed E-state index contributed by atoms with van der Waals surface area (Å²) >= 11 is 0. The van der Waals surface area contributed by atoms with E-state index in [1.54, 1.807) is 11.1 Å². The molecule has 7 fully saturated rings. The average Bonchev–Trinajstić information content (AvgIpc) is 3.67.